The second-order valence-electron chi connectivity index (χ2n) is 4.83. The maximum atomic E-state index is 5.84. The number of aromatic nitrogens is 4. The number of fused-ring (bicyclic) bond motifs is 1. The predicted molar refractivity (Wildman–Crippen MR) is 80.1 cm³/mol. The summed E-state index contributed by atoms with van der Waals surface area (Å²) in [7, 11) is 0. The van der Waals surface area contributed by atoms with Crippen LogP contribution in [-0.4, -0.2) is 19.9 Å². The molecule has 0 saturated carbocycles. The Labute approximate surface area is 117 Å². The van der Waals surface area contributed by atoms with Crippen LogP contribution in [0, 0.1) is 0 Å². The fourth-order valence-electron chi connectivity index (χ4n) is 2.33. The van der Waals surface area contributed by atoms with E-state index in [2.05, 4.69) is 26.9 Å². The van der Waals surface area contributed by atoms with Crippen molar-refractivity contribution in [2.45, 2.75) is 26.2 Å². The van der Waals surface area contributed by atoms with Crippen LogP contribution in [-0.2, 0) is 6.42 Å². The van der Waals surface area contributed by atoms with E-state index in [0.717, 1.165) is 47.1 Å². The lowest BCUT2D eigenvalue weighted by Crippen LogP contribution is -2.01. The van der Waals surface area contributed by atoms with E-state index < -0.39 is 0 Å². The Morgan fingerprint density at radius 2 is 2.20 bits per heavy atom. The van der Waals surface area contributed by atoms with Crippen LogP contribution in [0.4, 0.5) is 5.95 Å². The number of hydrogen-bond acceptors (Lipinski definition) is 4. The highest BCUT2D eigenvalue weighted by atomic mass is 15.0. The zero-order valence-corrected chi connectivity index (χ0v) is 11.4. The predicted octanol–water partition coefficient (Wildman–Crippen LogP) is 2.94. The Bertz CT molecular complexity index is 732. The molecule has 3 aromatic heterocycles. The minimum atomic E-state index is 0.331. The summed E-state index contributed by atoms with van der Waals surface area (Å²) >= 11 is 0. The molecule has 0 saturated heterocycles. The van der Waals surface area contributed by atoms with Crippen molar-refractivity contribution in [1.29, 1.82) is 0 Å². The van der Waals surface area contributed by atoms with E-state index in [-0.39, 0.29) is 0 Å². The summed E-state index contributed by atoms with van der Waals surface area (Å²) < 4.78 is 0. The molecule has 0 amide bonds. The summed E-state index contributed by atoms with van der Waals surface area (Å²) in [6, 6.07) is 4.00. The monoisotopic (exact) mass is 267 g/mol. The van der Waals surface area contributed by atoms with Gasteiger partial charge in [-0.15, -0.1) is 0 Å². The van der Waals surface area contributed by atoms with E-state index >= 15 is 0 Å². The molecular formula is C15H17N5. The van der Waals surface area contributed by atoms with Gasteiger partial charge in [0.05, 0.1) is 17.4 Å². The first kappa shape index (κ1) is 12.6. The molecule has 0 spiro atoms. The minimum Gasteiger partial charge on any atom is -0.368 e. The van der Waals surface area contributed by atoms with Crippen LogP contribution in [0.5, 0.6) is 0 Å². The van der Waals surface area contributed by atoms with Gasteiger partial charge >= 0.3 is 0 Å². The first-order valence-electron chi connectivity index (χ1n) is 6.83. The summed E-state index contributed by atoms with van der Waals surface area (Å²) in [6.07, 6.45) is 8.70. The highest BCUT2D eigenvalue weighted by Gasteiger charge is 2.10. The Morgan fingerprint density at radius 1 is 1.30 bits per heavy atom. The van der Waals surface area contributed by atoms with Gasteiger partial charge in [-0.1, -0.05) is 13.3 Å². The maximum absolute atomic E-state index is 5.84. The van der Waals surface area contributed by atoms with Crippen LogP contribution in [0.3, 0.4) is 0 Å². The average molecular weight is 267 g/mol. The lowest BCUT2D eigenvalue weighted by Gasteiger charge is -2.05. The molecular weight excluding hydrogens is 250 g/mol. The third-order valence-corrected chi connectivity index (χ3v) is 3.34. The molecule has 0 radical (unpaired) electrons. The molecule has 0 aliphatic heterocycles. The zero-order valence-electron chi connectivity index (χ0n) is 11.4. The van der Waals surface area contributed by atoms with Gasteiger partial charge in [-0.3, -0.25) is 4.98 Å². The summed E-state index contributed by atoms with van der Waals surface area (Å²) in [6.45, 7) is 2.16. The van der Waals surface area contributed by atoms with Crippen molar-refractivity contribution in [3.05, 3.63) is 36.4 Å². The zero-order chi connectivity index (χ0) is 13.9. The third-order valence-electron chi connectivity index (χ3n) is 3.34. The number of anilines is 1. The molecule has 0 unspecified atom stereocenters. The van der Waals surface area contributed by atoms with Crippen molar-refractivity contribution in [3.63, 3.8) is 0 Å². The number of nitrogens with one attached hydrogen (secondary N) is 1. The minimum absolute atomic E-state index is 0.331. The Balaban J connectivity index is 2.07. The first-order chi connectivity index (χ1) is 9.78. The molecule has 0 fully saturated rings. The second-order valence-corrected chi connectivity index (χ2v) is 4.83. The molecule has 102 valence electrons. The molecule has 0 aliphatic carbocycles. The van der Waals surface area contributed by atoms with Gasteiger partial charge in [-0.05, 0) is 25.0 Å². The molecule has 0 bridgehead atoms. The number of rotatable bonds is 4. The Hall–Kier alpha value is -2.43. The number of nitrogens with two attached hydrogens (primary N) is 1. The lowest BCUT2D eigenvalue weighted by atomic mass is 10.1. The van der Waals surface area contributed by atoms with E-state index in [1.165, 1.54) is 0 Å². The van der Waals surface area contributed by atoms with Gasteiger partial charge in [0.1, 0.15) is 0 Å². The highest BCUT2D eigenvalue weighted by Crippen LogP contribution is 2.27. The average Bonchev–Trinajstić information content (AvgIpc) is 2.88. The third kappa shape index (κ3) is 2.34. The Morgan fingerprint density at radius 3 is 3.05 bits per heavy atom. The van der Waals surface area contributed by atoms with Gasteiger partial charge in [0.15, 0.2) is 0 Å². The fraction of sp³-hybridized carbons (Fsp3) is 0.267. The van der Waals surface area contributed by atoms with Gasteiger partial charge in [0, 0.05) is 29.0 Å². The van der Waals surface area contributed by atoms with Gasteiger partial charge in [-0.25, -0.2) is 9.97 Å². The Kier molecular flexibility index (Phi) is 3.33. The van der Waals surface area contributed by atoms with Gasteiger partial charge < -0.3 is 10.7 Å². The molecule has 20 heavy (non-hydrogen) atoms. The summed E-state index contributed by atoms with van der Waals surface area (Å²) in [5, 5.41) is 1.10. The number of hydrogen-bond donors (Lipinski definition) is 2. The largest absolute Gasteiger partial charge is 0.368 e. The summed E-state index contributed by atoms with van der Waals surface area (Å²) in [5.41, 5.74) is 9.73. The van der Waals surface area contributed by atoms with E-state index in [4.69, 9.17) is 5.73 Å². The van der Waals surface area contributed by atoms with Gasteiger partial charge in [-0.2, -0.15) is 0 Å². The van der Waals surface area contributed by atoms with Crippen LogP contribution in [0.2, 0.25) is 0 Å². The van der Waals surface area contributed by atoms with Gasteiger partial charge in [0.25, 0.3) is 0 Å². The quantitative estimate of drug-likeness (QED) is 0.761. The van der Waals surface area contributed by atoms with Crippen molar-refractivity contribution >= 4 is 16.9 Å². The number of aromatic amines is 1. The van der Waals surface area contributed by atoms with Crippen molar-refractivity contribution in [2.75, 3.05) is 5.73 Å². The number of pyridine rings is 1. The second kappa shape index (κ2) is 5.28. The number of unbranched alkanes of at least 4 members (excludes halogenated alkanes) is 1. The highest BCUT2D eigenvalue weighted by molar-refractivity contribution is 5.94. The van der Waals surface area contributed by atoms with Crippen molar-refractivity contribution in [1.82, 2.24) is 19.9 Å². The van der Waals surface area contributed by atoms with Crippen LogP contribution in [0.15, 0.2) is 30.7 Å². The standard InChI is InChI=1S/C15H17N5/c1-2-3-4-10-7-13(20-15(16)19-10)12-8-18-14-9-17-6-5-11(12)14/h5-9,18H,2-4H2,1H3,(H2,16,19,20). The van der Waals surface area contributed by atoms with Crippen LogP contribution >= 0.6 is 0 Å². The lowest BCUT2D eigenvalue weighted by molar-refractivity contribution is 0.775. The molecule has 0 aliphatic rings. The van der Waals surface area contributed by atoms with E-state index in [9.17, 15) is 0 Å². The molecule has 3 rings (SSSR count). The molecule has 3 heterocycles. The van der Waals surface area contributed by atoms with Crippen LogP contribution in [0.1, 0.15) is 25.5 Å². The van der Waals surface area contributed by atoms with Crippen molar-refractivity contribution in [2.24, 2.45) is 0 Å². The normalized spacial score (nSPS) is 11.1. The molecule has 0 aromatic carbocycles. The number of H-pyrrole nitrogens is 1. The van der Waals surface area contributed by atoms with Crippen LogP contribution < -0.4 is 5.73 Å². The van der Waals surface area contributed by atoms with E-state index in [0.29, 0.717) is 5.95 Å². The van der Waals surface area contributed by atoms with Crippen molar-refractivity contribution < 1.29 is 0 Å². The molecule has 3 N–H and O–H groups in total. The maximum Gasteiger partial charge on any atom is 0.220 e. The topological polar surface area (TPSA) is 80.5 Å². The fourth-order valence-corrected chi connectivity index (χ4v) is 2.33. The SMILES string of the molecule is CCCCc1cc(-c2c[nH]c3cnccc23)nc(N)n1. The number of aryl methyl sites for hydroxylation is 1. The molecule has 3 aromatic rings. The van der Waals surface area contributed by atoms with Crippen molar-refractivity contribution in [3.8, 4) is 11.3 Å². The van der Waals surface area contributed by atoms with E-state index in [1.54, 1.807) is 12.4 Å². The molecule has 0 atom stereocenters. The summed E-state index contributed by atoms with van der Waals surface area (Å²) in [4.78, 5) is 16.0. The number of nitrogens with zero attached hydrogens (tertiary/aromatic N) is 3. The number of nitrogen functional groups attached to an aromatic ring is 1. The first-order valence-corrected chi connectivity index (χ1v) is 6.83. The molecule has 5 heteroatoms. The van der Waals surface area contributed by atoms with Gasteiger partial charge in [0.2, 0.25) is 5.95 Å². The van der Waals surface area contributed by atoms with Crippen LogP contribution in [0.25, 0.3) is 22.2 Å². The summed E-state index contributed by atoms with van der Waals surface area (Å²) in [5.74, 6) is 0.331. The molecule has 5 nitrogen and oxygen atoms in total. The smallest absolute Gasteiger partial charge is 0.220 e. The van der Waals surface area contributed by atoms with E-state index in [1.807, 2.05) is 18.3 Å².